The third-order valence-electron chi connectivity index (χ3n) is 1.75. The van der Waals surface area contributed by atoms with Gasteiger partial charge in [-0.05, 0) is 40.9 Å². The highest BCUT2D eigenvalue weighted by Gasteiger charge is 2.06. The van der Waals surface area contributed by atoms with Gasteiger partial charge >= 0.3 is 0 Å². The normalized spacial score (nSPS) is 12.4. The van der Waals surface area contributed by atoms with Crippen LogP contribution in [0, 0.1) is 17.2 Å². The number of hydrogen-bond acceptors (Lipinski definition) is 2. The number of halogens is 1. The van der Waals surface area contributed by atoms with E-state index >= 15 is 0 Å². The number of nitrogens with zero attached hydrogens (tertiary/aromatic N) is 1. The van der Waals surface area contributed by atoms with Crippen molar-refractivity contribution >= 4 is 27.3 Å². The monoisotopic (exact) mass is 243 g/mol. The molecule has 1 rings (SSSR count). The Bertz CT molecular complexity index is 287. The largest absolute Gasteiger partial charge is 0.198 e. The second-order valence-electron chi connectivity index (χ2n) is 2.64. The zero-order chi connectivity index (χ0) is 8.97. The standard InChI is InChI=1S/C9H10BrNS/c1-2-7(6-11)5-8-3-4-9(10)12-8/h3-4,7H,2,5H2,1H3. The Morgan fingerprint density at radius 1 is 1.67 bits per heavy atom. The molecule has 0 aromatic carbocycles. The van der Waals surface area contributed by atoms with Gasteiger partial charge in [-0.25, -0.2) is 0 Å². The van der Waals surface area contributed by atoms with Crippen LogP contribution < -0.4 is 0 Å². The van der Waals surface area contributed by atoms with Crippen molar-refractivity contribution in [3.8, 4) is 6.07 Å². The van der Waals surface area contributed by atoms with Crippen LogP contribution in [0.15, 0.2) is 15.9 Å². The van der Waals surface area contributed by atoms with Crippen LogP contribution in [-0.4, -0.2) is 0 Å². The van der Waals surface area contributed by atoms with E-state index in [2.05, 4.69) is 35.0 Å². The molecule has 1 aromatic rings. The molecule has 12 heavy (non-hydrogen) atoms. The van der Waals surface area contributed by atoms with E-state index in [-0.39, 0.29) is 5.92 Å². The van der Waals surface area contributed by atoms with Gasteiger partial charge < -0.3 is 0 Å². The molecule has 0 N–H and O–H groups in total. The van der Waals surface area contributed by atoms with Gasteiger partial charge in [-0.15, -0.1) is 11.3 Å². The predicted molar refractivity (Wildman–Crippen MR) is 55.1 cm³/mol. The minimum atomic E-state index is 0.176. The number of hydrogen-bond donors (Lipinski definition) is 0. The van der Waals surface area contributed by atoms with Gasteiger partial charge in [0.2, 0.25) is 0 Å². The highest BCUT2D eigenvalue weighted by molar-refractivity contribution is 9.11. The Morgan fingerprint density at radius 2 is 2.42 bits per heavy atom. The van der Waals surface area contributed by atoms with Gasteiger partial charge in [-0.3, -0.25) is 0 Å². The maximum atomic E-state index is 8.74. The van der Waals surface area contributed by atoms with Crippen LogP contribution in [0.25, 0.3) is 0 Å². The van der Waals surface area contributed by atoms with Gasteiger partial charge in [0.1, 0.15) is 0 Å². The zero-order valence-electron chi connectivity index (χ0n) is 6.88. The van der Waals surface area contributed by atoms with E-state index < -0.39 is 0 Å². The molecule has 0 saturated carbocycles. The van der Waals surface area contributed by atoms with E-state index in [4.69, 9.17) is 5.26 Å². The summed E-state index contributed by atoms with van der Waals surface area (Å²) in [4.78, 5) is 1.29. The third kappa shape index (κ3) is 2.62. The molecule has 3 heteroatoms. The smallest absolute Gasteiger partial charge is 0.0701 e. The van der Waals surface area contributed by atoms with Crippen molar-refractivity contribution in [1.29, 1.82) is 5.26 Å². The fourth-order valence-electron chi connectivity index (χ4n) is 0.986. The summed E-state index contributed by atoms with van der Waals surface area (Å²) in [6.07, 6.45) is 1.83. The quantitative estimate of drug-likeness (QED) is 0.796. The Balaban J connectivity index is 2.58. The van der Waals surface area contributed by atoms with E-state index in [1.807, 2.05) is 6.07 Å². The summed E-state index contributed by atoms with van der Waals surface area (Å²) in [6.45, 7) is 2.05. The van der Waals surface area contributed by atoms with E-state index in [1.54, 1.807) is 11.3 Å². The summed E-state index contributed by atoms with van der Waals surface area (Å²) in [6, 6.07) is 6.41. The van der Waals surface area contributed by atoms with Gasteiger partial charge in [-0.2, -0.15) is 5.26 Å². The summed E-state index contributed by atoms with van der Waals surface area (Å²) in [5.74, 6) is 0.176. The Hall–Kier alpha value is -0.330. The summed E-state index contributed by atoms with van der Waals surface area (Å²) < 4.78 is 1.14. The van der Waals surface area contributed by atoms with Crippen molar-refractivity contribution in [3.05, 3.63) is 20.8 Å². The first-order chi connectivity index (χ1) is 5.76. The zero-order valence-corrected chi connectivity index (χ0v) is 9.28. The first-order valence-corrected chi connectivity index (χ1v) is 5.51. The van der Waals surface area contributed by atoms with E-state index in [0.29, 0.717) is 0 Å². The fourth-order valence-corrected chi connectivity index (χ4v) is 2.55. The van der Waals surface area contributed by atoms with Crippen LogP contribution >= 0.6 is 27.3 Å². The Kier molecular flexibility index (Phi) is 3.77. The number of thiophene rings is 1. The second-order valence-corrected chi connectivity index (χ2v) is 5.19. The molecule has 1 atom stereocenters. The lowest BCUT2D eigenvalue weighted by atomic mass is 10.0. The van der Waals surface area contributed by atoms with E-state index in [9.17, 15) is 0 Å². The van der Waals surface area contributed by atoms with Crippen molar-refractivity contribution in [2.24, 2.45) is 5.92 Å². The molecular formula is C9H10BrNS. The van der Waals surface area contributed by atoms with Gasteiger partial charge in [-0.1, -0.05) is 6.92 Å². The molecule has 0 spiro atoms. The van der Waals surface area contributed by atoms with Crippen LogP contribution in [0.4, 0.5) is 0 Å². The number of rotatable bonds is 3. The van der Waals surface area contributed by atoms with Crippen molar-refractivity contribution in [2.75, 3.05) is 0 Å². The average Bonchev–Trinajstić information content (AvgIpc) is 2.47. The molecule has 1 unspecified atom stereocenters. The lowest BCUT2D eigenvalue weighted by Crippen LogP contribution is -1.97. The fraction of sp³-hybridized carbons (Fsp3) is 0.444. The molecule has 0 radical (unpaired) electrons. The Morgan fingerprint density at radius 3 is 2.83 bits per heavy atom. The van der Waals surface area contributed by atoms with E-state index in [1.165, 1.54) is 4.88 Å². The van der Waals surface area contributed by atoms with Crippen LogP contribution in [-0.2, 0) is 6.42 Å². The molecule has 0 bridgehead atoms. The van der Waals surface area contributed by atoms with Crippen LogP contribution in [0.2, 0.25) is 0 Å². The summed E-state index contributed by atoms with van der Waals surface area (Å²) in [5, 5.41) is 8.74. The SMILES string of the molecule is CCC(C#N)Cc1ccc(Br)s1. The maximum Gasteiger partial charge on any atom is 0.0701 e. The van der Waals surface area contributed by atoms with Crippen LogP contribution in [0.1, 0.15) is 18.2 Å². The first-order valence-electron chi connectivity index (χ1n) is 3.90. The molecule has 0 fully saturated rings. The van der Waals surface area contributed by atoms with Gasteiger partial charge in [0.05, 0.1) is 15.8 Å². The maximum absolute atomic E-state index is 8.74. The summed E-state index contributed by atoms with van der Waals surface area (Å²) in [7, 11) is 0. The highest BCUT2D eigenvalue weighted by atomic mass is 79.9. The number of nitriles is 1. The Labute approximate surface area is 85.2 Å². The average molecular weight is 244 g/mol. The lowest BCUT2D eigenvalue weighted by Gasteiger charge is -2.01. The second kappa shape index (κ2) is 4.64. The molecule has 1 aromatic heterocycles. The molecule has 64 valence electrons. The molecule has 0 saturated heterocycles. The highest BCUT2D eigenvalue weighted by Crippen LogP contribution is 2.24. The van der Waals surface area contributed by atoms with Crippen LogP contribution in [0.3, 0.4) is 0 Å². The molecule has 0 amide bonds. The predicted octanol–water partition coefficient (Wildman–Crippen LogP) is 3.60. The van der Waals surface area contributed by atoms with Gasteiger partial charge in [0.15, 0.2) is 0 Å². The lowest BCUT2D eigenvalue weighted by molar-refractivity contribution is 0.644. The van der Waals surface area contributed by atoms with Crippen molar-refractivity contribution < 1.29 is 0 Å². The first kappa shape index (κ1) is 9.76. The van der Waals surface area contributed by atoms with E-state index in [0.717, 1.165) is 16.6 Å². The minimum Gasteiger partial charge on any atom is -0.198 e. The summed E-state index contributed by atoms with van der Waals surface area (Å²) >= 11 is 5.11. The van der Waals surface area contributed by atoms with Crippen LogP contribution in [0.5, 0.6) is 0 Å². The van der Waals surface area contributed by atoms with Crippen molar-refractivity contribution in [1.82, 2.24) is 0 Å². The molecule has 0 aliphatic rings. The molecule has 0 aliphatic heterocycles. The molecule has 1 nitrogen and oxygen atoms in total. The molecular weight excluding hydrogens is 234 g/mol. The van der Waals surface area contributed by atoms with Crippen molar-refractivity contribution in [2.45, 2.75) is 19.8 Å². The summed E-state index contributed by atoms with van der Waals surface area (Å²) in [5.41, 5.74) is 0. The third-order valence-corrected chi connectivity index (χ3v) is 3.40. The molecule has 0 aliphatic carbocycles. The van der Waals surface area contributed by atoms with Gasteiger partial charge in [0.25, 0.3) is 0 Å². The minimum absolute atomic E-state index is 0.176. The van der Waals surface area contributed by atoms with Crippen molar-refractivity contribution in [3.63, 3.8) is 0 Å². The van der Waals surface area contributed by atoms with Gasteiger partial charge in [0, 0.05) is 4.88 Å². The molecule has 1 heterocycles. The topological polar surface area (TPSA) is 23.8 Å².